The molecule has 2 amide bonds. The predicted molar refractivity (Wildman–Crippen MR) is 136 cm³/mol. The number of halogens is 2. The standard InChI is InChI=1S/C26H19Cl2N3O2S/c27-21-13-7-10-18(23(21)28)14-22-25(33)31(19-11-5-2-6-12-19)26(34-22)20(15-29)24(32)30-16-17-8-3-1-4-9-17/h1-13,22H,14,16H2,(H,30,32)/b26-20+. The Labute approximate surface area is 212 Å². The lowest BCUT2D eigenvalue weighted by Crippen LogP contribution is -2.32. The minimum atomic E-state index is -0.573. The Bertz CT molecular complexity index is 1290. The zero-order valence-electron chi connectivity index (χ0n) is 17.9. The third-order valence-electron chi connectivity index (χ3n) is 5.25. The highest BCUT2D eigenvalue weighted by Crippen LogP contribution is 2.42. The highest BCUT2D eigenvalue weighted by atomic mass is 35.5. The minimum Gasteiger partial charge on any atom is -0.347 e. The molecule has 0 aromatic heterocycles. The Morgan fingerprint density at radius 2 is 1.68 bits per heavy atom. The molecule has 8 heteroatoms. The van der Waals surface area contributed by atoms with Crippen molar-refractivity contribution < 1.29 is 9.59 Å². The average Bonchev–Trinajstić information content (AvgIpc) is 3.17. The largest absolute Gasteiger partial charge is 0.347 e. The van der Waals surface area contributed by atoms with Crippen LogP contribution in [0.5, 0.6) is 0 Å². The van der Waals surface area contributed by atoms with Gasteiger partial charge in [-0.25, -0.2) is 0 Å². The summed E-state index contributed by atoms with van der Waals surface area (Å²) in [6.07, 6.45) is 0.306. The smallest absolute Gasteiger partial charge is 0.264 e. The van der Waals surface area contributed by atoms with Crippen molar-refractivity contribution in [1.29, 1.82) is 5.26 Å². The molecule has 34 heavy (non-hydrogen) atoms. The number of anilines is 1. The molecule has 0 bridgehead atoms. The van der Waals surface area contributed by atoms with Crippen LogP contribution in [0.1, 0.15) is 11.1 Å². The van der Waals surface area contributed by atoms with Gasteiger partial charge in [0.25, 0.3) is 5.91 Å². The molecule has 1 aliphatic heterocycles. The molecule has 1 saturated heterocycles. The zero-order valence-corrected chi connectivity index (χ0v) is 20.2. The Balaban J connectivity index is 1.67. The maximum atomic E-state index is 13.5. The summed E-state index contributed by atoms with van der Waals surface area (Å²) >= 11 is 13.7. The van der Waals surface area contributed by atoms with E-state index in [4.69, 9.17) is 23.2 Å². The fraction of sp³-hybridized carbons (Fsp3) is 0.115. The average molecular weight is 508 g/mol. The van der Waals surface area contributed by atoms with E-state index in [-0.39, 0.29) is 18.0 Å². The Morgan fingerprint density at radius 1 is 1.00 bits per heavy atom. The Kier molecular flexibility index (Phi) is 7.59. The zero-order chi connectivity index (χ0) is 24.1. The second-order valence-electron chi connectivity index (χ2n) is 7.49. The number of thioether (sulfide) groups is 1. The van der Waals surface area contributed by atoms with Gasteiger partial charge in [-0.15, -0.1) is 0 Å². The van der Waals surface area contributed by atoms with E-state index >= 15 is 0 Å². The maximum absolute atomic E-state index is 13.5. The van der Waals surface area contributed by atoms with Crippen molar-refractivity contribution in [2.75, 3.05) is 4.90 Å². The topological polar surface area (TPSA) is 73.2 Å². The monoisotopic (exact) mass is 507 g/mol. The van der Waals surface area contributed by atoms with E-state index in [9.17, 15) is 14.9 Å². The summed E-state index contributed by atoms with van der Waals surface area (Å²) in [5.74, 6) is -0.769. The van der Waals surface area contributed by atoms with E-state index in [1.165, 1.54) is 16.7 Å². The van der Waals surface area contributed by atoms with E-state index < -0.39 is 11.2 Å². The number of hydrogen-bond donors (Lipinski definition) is 1. The lowest BCUT2D eigenvalue weighted by atomic mass is 10.1. The van der Waals surface area contributed by atoms with Gasteiger partial charge in [0, 0.05) is 12.2 Å². The SMILES string of the molecule is N#C/C(C(=O)NCc1ccccc1)=C1\SC(Cc2cccc(Cl)c2Cl)C(=O)N1c1ccccc1. The Morgan fingerprint density at radius 3 is 2.35 bits per heavy atom. The van der Waals surface area contributed by atoms with Crippen LogP contribution >= 0.6 is 35.0 Å². The molecule has 0 aliphatic carbocycles. The normalized spacial score (nSPS) is 16.8. The first-order valence-corrected chi connectivity index (χ1v) is 12.1. The quantitative estimate of drug-likeness (QED) is 0.341. The van der Waals surface area contributed by atoms with E-state index in [0.29, 0.717) is 27.2 Å². The molecule has 0 saturated carbocycles. The van der Waals surface area contributed by atoms with Crippen LogP contribution in [0.3, 0.4) is 0 Å². The molecule has 1 unspecified atom stereocenters. The van der Waals surface area contributed by atoms with Gasteiger partial charge in [-0.1, -0.05) is 95.6 Å². The number of rotatable bonds is 6. The van der Waals surface area contributed by atoms with Gasteiger partial charge in [-0.05, 0) is 35.7 Å². The van der Waals surface area contributed by atoms with Crippen LogP contribution in [0.4, 0.5) is 5.69 Å². The number of benzene rings is 3. The van der Waals surface area contributed by atoms with Gasteiger partial charge >= 0.3 is 0 Å². The van der Waals surface area contributed by atoms with Crippen LogP contribution in [0.15, 0.2) is 89.5 Å². The van der Waals surface area contributed by atoms with Crippen LogP contribution in [0.2, 0.25) is 10.0 Å². The molecule has 1 heterocycles. The van der Waals surface area contributed by atoms with Crippen LogP contribution in [-0.2, 0) is 22.6 Å². The first kappa shape index (κ1) is 23.9. The molecule has 0 radical (unpaired) electrons. The van der Waals surface area contributed by atoms with Gasteiger partial charge in [0.2, 0.25) is 5.91 Å². The molecule has 5 nitrogen and oxygen atoms in total. The van der Waals surface area contributed by atoms with Crippen molar-refractivity contribution in [2.45, 2.75) is 18.2 Å². The summed E-state index contributed by atoms with van der Waals surface area (Å²) in [7, 11) is 0. The number of carbonyl (C=O) groups is 2. The van der Waals surface area contributed by atoms with E-state index in [1.54, 1.807) is 36.4 Å². The summed E-state index contributed by atoms with van der Waals surface area (Å²) < 4.78 is 0. The second kappa shape index (κ2) is 10.8. The molecule has 4 rings (SSSR count). The van der Waals surface area contributed by atoms with Gasteiger partial charge in [0.1, 0.15) is 16.7 Å². The lowest BCUT2D eigenvalue weighted by Gasteiger charge is -2.18. The third-order valence-corrected chi connectivity index (χ3v) is 7.37. The highest BCUT2D eigenvalue weighted by molar-refractivity contribution is 8.05. The first-order chi connectivity index (χ1) is 16.5. The van der Waals surface area contributed by atoms with Crippen LogP contribution in [0, 0.1) is 11.3 Å². The van der Waals surface area contributed by atoms with E-state index in [0.717, 1.165) is 11.1 Å². The van der Waals surface area contributed by atoms with Gasteiger partial charge in [0.05, 0.1) is 15.3 Å². The molecule has 1 aliphatic rings. The fourth-order valence-electron chi connectivity index (χ4n) is 3.57. The molecule has 0 spiro atoms. The number of para-hydroxylation sites is 1. The number of hydrogen-bond acceptors (Lipinski definition) is 4. The van der Waals surface area contributed by atoms with Crippen molar-refractivity contribution in [3.05, 3.63) is 111 Å². The van der Waals surface area contributed by atoms with Gasteiger partial charge in [-0.3, -0.25) is 14.5 Å². The number of nitriles is 1. The van der Waals surface area contributed by atoms with Crippen molar-refractivity contribution >= 4 is 52.5 Å². The molecular weight excluding hydrogens is 489 g/mol. The number of nitrogens with one attached hydrogen (secondary N) is 1. The summed E-state index contributed by atoms with van der Waals surface area (Å²) in [6, 6.07) is 25.7. The predicted octanol–water partition coefficient (Wildman–Crippen LogP) is 5.74. The maximum Gasteiger partial charge on any atom is 0.264 e. The molecule has 1 N–H and O–H groups in total. The second-order valence-corrected chi connectivity index (χ2v) is 9.47. The summed E-state index contributed by atoms with van der Waals surface area (Å²) in [5, 5.41) is 13.2. The Hall–Kier alpha value is -3.24. The third kappa shape index (κ3) is 5.13. The summed E-state index contributed by atoms with van der Waals surface area (Å²) in [4.78, 5) is 27.9. The van der Waals surface area contributed by atoms with Crippen LogP contribution in [-0.4, -0.2) is 17.1 Å². The highest BCUT2D eigenvalue weighted by Gasteiger charge is 2.41. The summed E-state index contributed by atoms with van der Waals surface area (Å²) in [5.41, 5.74) is 2.10. The molecule has 1 fully saturated rings. The van der Waals surface area contributed by atoms with E-state index in [1.807, 2.05) is 48.5 Å². The molecule has 3 aromatic rings. The van der Waals surface area contributed by atoms with Crippen molar-refractivity contribution in [1.82, 2.24) is 5.32 Å². The molecule has 3 aromatic carbocycles. The van der Waals surface area contributed by atoms with Crippen LogP contribution in [0.25, 0.3) is 0 Å². The van der Waals surface area contributed by atoms with Crippen molar-refractivity contribution in [3.63, 3.8) is 0 Å². The minimum absolute atomic E-state index is 0.113. The molecule has 170 valence electrons. The van der Waals surface area contributed by atoms with Crippen LogP contribution < -0.4 is 10.2 Å². The lowest BCUT2D eigenvalue weighted by molar-refractivity contribution is -0.117. The van der Waals surface area contributed by atoms with Gasteiger partial charge in [0.15, 0.2) is 0 Å². The van der Waals surface area contributed by atoms with Crippen molar-refractivity contribution in [3.8, 4) is 6.07 Å². The molecular formula is C26H19Cl2N3O2S. The first-order valence-electron chi connectivity index (χ1n) is 10.4. The fourth-order valence-corrected chi connectivity index (χ4v) is 5.26. The van der Waals surface area contributed by atoms with Gasteiger partial charge in [-0.2, -0.15) is 5.26 Å². The number of carbonyl (C=O) groups excluding carboxylic acids is 2. The van der Waals surface area contributed by atoms with Gasteiger partial charge < -0.3 is 5.32 Å². The van der Waals surface area contributed by atoms with Crippen molar-refractivity contribution in [2.24, 2.45) is 0 Å². The summed E-state index contributed by atoms with van der Waals surface area (Å²) in [6.45, 7) is 0.267. The number of nitrogens with zero attached hydrogens (tertiary/aromatic N) is 2. The van der Waals surface area contributed by atoms with E-state index in [2.05, 4.69) is 5.32 Å². The molecule has 1 atom stereocenters. The number of amides is 2.